The molecule has 2 aromatic rings. The zero-order chi connectivity index (χ0) is 15.4. The summed E-state index contributed by atoms with van der Waals surface area (Å²) in [7, 11) is 0. The Kier molecular flexibility index (Phi) is 4.74. The Balaban J connectivity index is 2.86. The van der Waals surface area contributed by atoms with Gasteiger partial charge in [-0.05, 0) is 74.6 Å². The Bertz CT molecular complexity index is 652. The number of hydrogen-bond donors (Lipinski definition) is 0. The molecule has 0 bridgehead atoms. The Labute approximate surface area is 128 Å². The van der Waals surface area contributed by atoms with Crippen LogP contribution in [-0.2, 0) is 0 Å². The quantitative estimate of drug-likeness (QED) is 0.680. The summed E-state index contributed by atoms with van der Waals surface area (Å²) in [6.07, 6.45) is 6.19. The standard InChI is InChI=1S/C20H23N/c1-6-15(4)17-12-14(3)13-18(16(5)7-2)20(17)19-10-8-9-11-21-19/h6-13H,1-5H3/b15-6-,16-7+. The van der Waals surface area contributed by atoms with Crippen LogP contribution in [0.4, 0.5) is 0 Å². The van der Waals surface area contributed by atoms with E-state index in [1.807, 2.05) is 18.3 Å². The van der Waals surface area contributed by atoms with E-state index in [1.54, 1.807) is 0 Å². The van der Waals surface area contributed by atoms with Gasteiger partial charge in [-0.3, -0.25) is 4.98 Å². The summed E-state index contributed by atoms with van der Waals surface area (Å²) in [6, 6.07) is 10.6. The number of aryl methyl sites for hydroxylation is 1. The Hall–Kier alpha value is -2.15. The SMILES string of the molecule is C/C=C(/C)c1cc(C)cc(/C(C)=C/C)c1-c1ccccn1. The van der Waals surface area contributed by atoms with E-state index < -0.39 is 0 Å². The minimum Gasteiger partial charge on any atom is -0.256 e. The molecule has 0 aliphatic carbocycles. The first kappa shape index (κ1) is 15.2. The van der Waals surface area contributed by atoms with Gasteiger partial charge in [-0.1, -0.05) is 30.4 Å². The maximum Gasteiger partial charge on any atom is 0.0714 e. The third-order valence-electron chi connectivity index (χ3n) is 3.92. The highest BCUT2D eigenvalue weighted by Crippen LogP contribution is 2.35. The highest BCUT2D eigenvalue weighted by atomic mass is 14.7. The van der Waals surface area contributed by atoms with Crippen LogP contribution in [0.15, 0.2) is 48.7 Å². The minimum atomic E-state index is 1.03. The Morgan fingerprint density at radius 2 is 1.52 bits per heavy atom. The molecule has 0 fully saturated rings. The first-order chi connectivity index (χ1) is 10.1. The van der Waals surface area contributed by atoms with Gasteiger partial charge in [0.2, 0.25) is 0 Å². The van der Waals surface area contributed by atoms with E-state index in [4.69, 9.17) is 0 Å². The maximum atomic E-state index is 4.58. The molecule has 0 aliphatic rings. The topological polar surface area (TPSA) is 12.9 Å². The van der Waals surface area contributed by atoms with Crippen molar-refractivity contribution >= 4 is 11.1 Å². The molecular weight excluding hydrogens is 254 g/mol. The molecule has 21 heavy (non-hydrogen) atoms. The molecule has 0 atom stereocenters. The van der Waals surface area contributed by atoms with Crippen molar-refractivity contribution in [2.45, 2.75) is 34.6 Å². The summed E-state index contributed by atoms with van der Waals surface area (Å²) < 4.78 is 0. The third kappa shape index (κ3) is 3.13. The molecule has 0 radical (unpaired) electrons. The molecule has 0 unspecified atom stereocenters. The Morgan fingerprint density at radius 1 is 0.952 bits per heavy atom. The average Bonchev–Trinajstić information content (AvgIpc) is 2.53. The second-order valence-corrected chi connectivity index (χ2v) is 5.39. The average molecular weight is 277 g/mol. The van der Waals surface area contributed by atoms with E-state index in [-0.39, 0.29) is 0 Å². The molecule has 0 amide bonds. The molecule has 2 rings (SSSR count). The molecular formula is C20H23N. The van der Waals surface area contributed by atoms with Crippen molar-refractivity contribution in [3.63, 3.8) is 0 Å². The first-order valence-electron chi connectivity index (χ1n) is 7.41. The molecule has 0 N–H and O–H groups in total. The Morgan fingerprint density at radius 3 is 1.95 bits per heavy atom. The summed E-state index contributed by atoms with van der Waals surface area (Å²) in [5, 5.41) is 0. The normalized spacial score (nSPS) is 12.6. The second kappa shape index (κ2) is 6.53. The van der Waals surface area contributed by atoms with Crippen LogP contribution in [0.25, 0.3) is 22.4 Å². The molecule has 108 valence electrons. The van der Waals surface area contributed by atoms with Crippen LogP contribution in [0.2, 0.25) is 0 Å². The van der Waals surface area contributed by atoms with Crippen LogP contribution >= 0.6 is 0 Å². The van der Waals surface area contributed by atoms with Gasteiger partial charge in [-0.2, -0.15) is 0 Å². The first-order valence-corrected chi connectivity index (χ1v) is 7.41. The van der Waals surface area contributed by atoms with Gasteiger partial charge in [0, 0.05) is 11.8 Å². The van der Waals surface area contributed by atoms with Crippen molar-refractivity contribution in [2.24, 2.45) is 0 Å². The minimum absolute atomic E-state index is 1.03. The van der Waals surface area contributed by atoms with Gasteiger partial charge < -0.3 is 0 Å². The number of benzene rings is 1. The number of rotatable bonds is 3. The molecule has 0 aliphatic heterocycles. The van der Waals surface area contributed by atoms with Crippen molar-refractivity contribution in [3.05, 3.63) is 65.4 Å². The van der Waals surface area contributed by atoms with E-state index in [0.29, 0.717) is 0 Å². The molecule has 0 saturated carbocycles. The zero-order valence-electron chi connectivity index (χ0n) is 13.6. The fraction of sp³-hybridized carbons (Fsp3) is 0.250. The number of hydrogen-bond acceptors (Lipinski definition) is 1. The lowest BCUT2D eigenvalue weighted by molar-refractivity contribution is 1.30. The molecule has 1 aromatic heterocycles. The summed E-state index contributed by atoms with van der Waals surface area (Å²) >= 11 is 0. The summed E-state index contributed by atoms with van der Waals surface area (Å²) in [6.45, 7) is 10.6. The van der Waals surface area contributed by atoms with Gasteiger partial charge >= 0.3 is 0 Å². The van der Waals surface area contributed by atoms with Crippen LogP contribution in [0.1, 0.15) is 44.4 Å². The van der Waals surface area contributed by atoms with Crippen LogP contribution in [-0.4, -0.2) is 4.98 Å². The summed E-state index contributed by atoms with van der Waals surface area (Å²) in [5.74, 6) is 0. The largest absolute Gasteiger partial charge is 0.256 e. The van der Waals surface area contributed by atoms with E-state index in [2.05, 4.69) is 70.0 Å². The molecule has 1 aromatic carbocycles. The van der Waals surface area contributed by atoms with Crippen LogP contribution in [0.5, 0.6) is 0 Å². The fourth-order valence-electron chi connectivity index (χ4n) is 2.51. The number of pyridine rings is 1. The number of nitrogens with zero attached hydrogens (tertiary/aromatic N) is 1. The van der Waals surface area contributed by atoms with Crippen molar-refractivity contribution in [1.82, 2.24) is 4.98 Å². The van der Waals surface area contributed by atoms with E-state index >= 15 is 0 Å². The van der Waals surface area contributed by atoms with Crippen molar-refractivity contribution in [1.29, 1.82) is 0 Å². The van der Waals surface area contributed by atoms with Gasteiger partial charge in [0.05, 0.1) is 5.69 Å². The van der Waals surface area contributed by atoms with Gasteiger partial charge in [-0.15, -0.1) is 0 Å². The predicted octanol–water partition coefficient (Wildman–Crippen LogP) is 5.90. The lowest BCUT2D eigenvalue weighted by Crippen LogP contribution is -1.97. The zero-order valence-corrected chi connectivity index (χ0v) is 13.6. The van der Waals surface area contributed by atoms with E-state index in [9.17, 15) is 0 Å². The monoisotopic (exact) mass is 277 g/mol. The van der Waals surface area contributed by atoms with E-state index in [0.717, 1.165) is 5.69 Å². The van der Waals surface area contributed by atoms with Crippen LogP contribution in [0, 0.1) is 6.92 Å². The van der Waals surface area contributed by atoms with Gasteiger partial charge in [0.1, 0.15) is 0 Å². The van der Waals surface area contributed by atoms with E-state index in [1.165, 1.54) is 33.4 Å². The number of aromatic nitrogens is 1. The maximum absolute atomic E-state index is 4.58. The second-order valence-electron chi connectivity index (χ2n) is 5.39. The van der Waals surface area contributed by atoms with Gasteiger partial charge in [0.15, 0.2) is 0 Å². The molecule has 0 spiro atoms. The van der Waals surface area contributed by atoms with Crippen molar-refractivity contribution < 1.29 is 0 Å². The predicted molar refractivity (Wildman–Crippen MR) is 93.1 cm³/mol. The third-order valence-corrected chi connectivity index (χ3v) is 3.92. The molecule has 1 nitrogen and oxygen atoms in total. The molecule has 0 saturated heterocycles. The summed E-state index contributed by atoms with van der Waals surface area (Å²) in [5.41, 5.74) is 8.65. The highest BCUT2D eigenvalue weighted by Gasteiger charge is 2.14. The fourth-order valence-corrected chi connectivity index (χ4v) is 2.51. The van der Waals surface area contributed by atoms with Gasteiger partial charge in [0.25, 0.3) is 0 Å². The lowest BCUT2D eigenvalue weighted by atomic mass is 9.88. The van der Waals surface area contributed by atoms with Crippen molar-refractivity contribution in [2.75, 3.05) is 0 Å². The van der Waals surface area contributed by atoms with Crippen molar-refractivity contribution in [3.8, 4) is 11.3 Å². The molecule has 1 heterocycles. The summed E-state index contributed by atoms with van der Waals surface area (Å²) in [4.78, 5) is 4.58. The van der Waals surface area contributed by atoms with Gasteiger partial charge in [-0.25, -0.2) is 0 Å². The van der Waals surface area contributed by atoms with Crippen LogP contribution < -0.4 is 0 Å². The van der Waals surface area contributed by atoms with Crippen LogP contribution in [0.3, 0.4) is 0 Å². The smallest absolute Gasteiger partial charge is 0.0714 e. The highest BCUT2D eigenvalue weighted by molar-refractivity contribution is 5.88. The molecule has 1 heteroatoms. The lowest BCUT2D eigenvalue weighted by Gasteiger charge is -2.17. The number of allylic oxidation sites excluding steroid dienone is 4.